The molecule has 0 saturated carbocycles. The van der Waals surface area contributed by atoms with Crippen molar-refractivity contribution in [3.63, 3.8) is 0 Å². The number of halogens is 1. The molecule has 0 atom stereocenters. The van der Waals surface area contributed by atoms with Crippen LogP contribution in [0.3, 0.4) is 0 Å². The molecule has 2 rings (SSSR count). The van der Waals surface area contributed by atoms with E-state index < -0.39 is 17.6 Å². The van der Waals surface area contributed by atoms with E-state index in [1.165, 1.54) is 19.2 Å². The summed E-state index contributed by atoms with van der Waals surface area (Å²) in [5.41, 5.74) is -0.0632. The van der Waals surface area contributed by atoms with E-state index in [-0.39, 0.29) is 11.4 Å². The summed E-state index contributed by atoms with van der Waals surface area (Å²) in [6.45, 7) is 0. The van der Waals surface area contributed by atoms with Gasteiger partial charge in [-0.05, 0) is 12.1 Å². The first-order chi connectivity index (χ1) is 7.63. The normalized spacial score (nSPS) is 10.4. The lowest BCUT2D eigenvalue weighted by Crippen LogP contribution is -2.06. The molecule has 1 aromatic heterocycles. The molecule has 0 aliphatic heterocycles. The van der Waals surface area contributed by atoms with Crippen LogP contribution >= 0.6 is 0 Å². The number of hydrogen-bond acceptors (Lipinski definition) is 4. The van der Waals surface area contributed by atoms with E-state index in [0.29, 0.717) is 5.39 Å². The van der Waals surface area contributed by atoms with Crippen LogP contribution in [0.25, 0.3) is 10.9 Å². The first kappa shape index (κ1) is 10.3. The first-order valence-electron chi connectivity index (χ1n) is 4.37. The van der Waals surface area contributed by atoms with Crippen molar-refractivity contribution in [2.45, 2.75) is 0 Å². The molecule has 1 heterocycles. The van der Waals surface area contributed by atoms with Crippen molar-refractivity contribution in [1.29, 1.82) is 0 Å². The zero-order valence-corrected chi connectivity index (χ0v) is 8.27. The number of methoxy groups -OCH3 is 1. The molecule has 0 aliphatic carbocycles. The molecule has 0 amide bonds. The summed E-state index contributed by atoms with van der Waals surface area (Å²) in [6.07, 6.45) is 0. The molecule has 2 aromatic rings. The number of nitrogens with zero attached hydrogens (tertiary/aromatic N) is 2. The van der Waals surface area contributed by atoms with E-state index in [2.05, 4.69) is 9.97 Å². The molecule has 6 heteroatoms. The predicted molar refractivity (Wildman–Crippen MR) is 53.0 cm³/mol. The Labute approximate surface area is 89.5 Å². The van der Waals surface area contributed by atoms with Gasteiger partial charge < -0.3 is 9.84 Å². The van der Waals surface area contributed by atoms with Crippen molar-refractivity contribution in [3.05, 3.63) is 29.8 Å². The number of carboxylic acids is 1. The molecule has 0 fully saturated rings. The van der Waals surface area contributed by atoms with Gasteiger partial charge in [-0.2, -0.15) is 4.98 Å². The minimum absolute atomic E-state index is 0.0434. The second kappa shape index (κ2) is 3.73. The van der Waals surface area contributed by atoms with E-state index in [0.717, 1.165) is 0 Å². The average molecular weight is 222 g/mol. The number of ether oxygens (including phenoxy) is 1. The van der Waals surface area contributed by atoms with Crippen molar-refractivity contribution in [1.82, 2.24) is 9.97 Å². The second-order valence-corrected chi connectivity index (χ2v) is 3.00. The van der Waals surface area contributed by atoms with Crippen LogP contribution in [-0.2, 0) is 0 Å². The van der Waals surface area contributed by atoms with Gasteiger partial charge in [0.2, 0.25) is 11.7 Å². The highest BCUT2D eigenvalue weighted by atomic mass is 19.1. The predicted octanol–water partition coefficient (Wildman–Crippen LogP) is 1.48. The minimum atomic E-state index is -1.33. The maximum Gasteiger partial charge on any atom is 0.374 e. The lowest BCUT2D eigenvalue weighted by Gasteiger charge is -2.05. The van der Waals surface area contributed by atoms with Gasteiger partial charge in [0.25, 0.3) is 0 Å². The highest BCUT2D eigenvalue weighted by Gasteiger charge is 2.15. The topological polar surface area (TPSA) is 72.3 Å². The number of hydrogen-bond donors (Lipinski definition) is 1. The number of aromatic carboxylic acids is 1. The first-order valence-corrected chi connectivity index (χ1v) is 4.37. The van der Waals surface area contributed by atoms with Crippen molar-refractivity contribution >= 4 is 16.9 Å². The molecular formula is C10H7FN2O3. The Hall–Kier alpha value is -2.24. The van der Waals surface area contributed by atoms with Gasteiger partial charge >= 0.3 is 5.97 Å². The summed E-state index contributed by atoms with van der Waals surface area (Å²) in [5, 5.41) is 9.09. The number of para-hydroxylation sites is 1. The van der Waals surface area contributed by atoms with E-state index in [4.69, 9.17) is 9.84 Å². The molecule has 0 aliphatic rings. The highest BCUT2D eigenvalue weighted by molar-refractivity contribution is 5.90. The smallest absolute Gasteiger partial charge is 0.374 e. The van der Waals surface area contributed by atoms with Gasteiger partial charge in [0.15, 0.2) is 0 Å². The summed E-state index contributed by atoms with van der Waals surface area (Å²) in [4.78, 5) is 18.0. The SMILES string of the molecule is COc1nc(C(=O)O)nc2c(F)cccc12. The zero-order chi connectivity index (χ0) is 11.7. The quantitative estimate of drug-likeness (QED) is 0.833. The molecule has 1 aromatic carbocycles. The monoisotopic (exact) mass is 222 g/mol. The Morgan fingerprint density at radius 3 is 2.81 bits per heavy atom. The van der Waals surface area contributed by atoms with Gasteiger partial charge in [-0.3, -0.25) is 0 Å². The molecule has 0 radical (unpaired) electrons. The Balaban J connectivity index is 2.84. The van der Waals surface area contributed by atoms with E-state index >= 15 is 0 Å². The number of fused-ring (bicyclic) bond motifs is 1. The van der Waals surface area contributed by atoms with Gasteiger partial charge in [0.1, 0.15) is 11.3 Å². The second-order valence-electron chi connectivity index (χ2n) is 3.00. The van der Waals surface area contributed by atoms with Crippen molar-refractivity contribution < 1.29 is 19.0 Å². The van der Waals surface area contributed by atoms with Crippen molar-refractivity contribution in [3.8, 4) is 5.88 Å². The number of aromatic nitrogens is 2. The summed E-state index contributed by atoms with van der Waals surface area (Å²) < 4.78 is 18.3. The van der Waals surface area contributed by atoms with Crippen LogP contribution in [0.1, 0.15) is 10.6 Å². The standard InChI is InChI=1S/C10H7FN2O3/c1-16-9-5-3-2-4-6(11)7(5)12-8(13-9)10(14)15/h2-4H,1H3,(H,14,15). The van der Waals surface area contributed by atoms with E-state index in [1.807, 2.05) is 0 Å². The fourth-order valence-electron chi connectivity index (χ4n) is 1.34. The summed E-state index contributed by atoms with van der Waals surface area (Å²) in [7, 11) is 1.33. The largest absolute Gasteiger partial charge is 0.480 e. The van der Waals surface area contributed by atoms with Crippen LogP contribution in [-0.4, -0.2) is 28.2 Å². The maximum absolute atomic E-state index is 13.4. The Morgan fingerprint density at radius 1 is 1.44 bits per heavy atom. The minimum Gasteiger partial charge on any atom is -0.480 e. The third-order valence-electron chi connectivity index (χ3n) is 2.03. The van der Waals surface area contributed by atoms with Gasteiger partial charge in [0, 0.05) is 0 Å². The number of benzene rings is 1. The number of rotatable bonds is 2. The van der Waals surface area contributed by atoms with Crippen LogP contribution < -0.4 is 4.74 Å². The van der Waals surface area contributed by atoms with E-state index in [1.54, 1.807) is 6.07 Å². The summed E-state index contributed by atoms with van der Waals surface area (Å²) >= 11 is 0. The fraction of sp³-hybridized carbons (Fsp3) is 0.100. The van der Waals surface area contributed by atoms with Crippen LogP contribution in [0, 0.1) is 5.82 Å². The average Bonchev–Trinajstić information content (AvgIpc) is 2.28. The van der Waals surface area contributed by atoms with Crippen molar-refractivity contribution in [2.24, 2.45) is 0 Å². The lowest BCUT2D eigenvalue weighted by atomic mass is 10.2. The van der Waals surface area contributed by atoms with Gasteiger partial charge in [0.05, 0.1) is 12.5 Å². The Kier molecular flexibility index (Phi) is 2.40. The molecule has 1 N–H and O–H groups in total. The van der Waals surface area contributed by atoms with Crippen LogP contribution in [0.2, 0.25) is 0 Å². The third kappa shape index (κ3) is 1.54. The summed E-state index contributed by atoms with van der Waals surface area (Å²) in [5.74, 6) is -2.39. The highest BCUT2D eigenvalue weighted by Crippen LogP contribution is 2.23. The molecule has 0 spiro atoms. The fourth-order valence-corrected chi connectivity index (χ4v) is 1.34. The van der Waals surface area contributed by atoms with Crippen molar-refractivity contribution in [2.75, 3.05) is 7.11 Å². The Bertz CT molecular complexity index is 571. The molecule has 0 unspecified atom stereocenters. The molecule has 82 valence electrons. The molecule has 5 nitrogen and oxygen atoms in total. The van der Waals surface area contributed by atoms with Gasteiger partial charge in [-0.1, -0.05) is 6.07 Å². The molecule has 0 bridgehead atoms. The number of carboxylic acid groups (broad SMARTS) is 1. The molecular weight excluding hydrogens is 215 g/mol. The van der Waals surface area contributed by atoms with E-state index in [9.17, 15) is 9.18 Å². The molecule has 16 heavy (non-hydrogen) atoms. The van der Waals surface area contributed by atoms with Crippen LogP contribution in [0.4, 0.5) is 4.39 Å². The lowest BCUT2D eigenvalue weighted by molar-refractivity contribution is 0.0683. The third-order valence-corrected chi connectivity index (χ3v) is 2.03. The summed E-state index contributed by atoms with van der Waals surface area (Å²) in [6, 6.07) is 4.23. The number of carbonyl (C=O) groups is 1. The van der Waals surface area contributed by atoms with Crippen LogP contribution in [0.15, 0.2) is 18.2 Å². The van der Waals surface area contributed by atoms with Crippen LogP contribution in [0.5, 0.6) is 5.88 Å². The Morgan fingerprint density at radius 2 is 2.19 bits per heavy atom. The van der Waals surface area contributed by atoms with Gasteiger partial charge in [-0.25, -0.2) is 14.2 Å². The van der Waals surface area contributed by atoms with Gasteiger partial charge in [-0.15, -0.1) is 0 Å². The zero-order valence-electron chi connectivity index (χ0n) is 8.27. The molecule has 0 saturated heterocycles. The maximum atomic E-state index is 13.4.